The first-order valence-corrected chi connectivity index (χ1v) is 6.77. The quantitative estimate of drug-likeness (QED) is 0.748. The number of alkyl halides is 2. The predicted molar refractivity (Wildman–Crippen MR) is 76.8 cm³/mol. The van der Waals surface area contributed by atoms with Crippen LogP contribution in [0, 0.1) is 0 Å². The second-order valence-electron chi connectivity index (χ2n) is 5.82. The maximum Gasteiger partial charge on any atom is 0.407 e. The molecule has 0 spiro atoms. The Hall–Kier alpha value is -1.96. The molecule has 1 amide bonds. The second-order valence-corrected chi connectivity index (χ2v) is 5.82. The minimum Gasteiger partial charge on any atom is -0.506 e. The van der Waals surface area contributed by atoms with Gasteiger partial charge in [-0.25, -0.2) is 13.6 Å². The van der Waals surface area contributed by atoms with Gasteiger partial charge in [-0.05, 0) is 32.9 Å². The fraction of sp³-hybridized carbons (Fsp3) is 0.571. The van der Waals surface area contributed by atoms with E-state index in [1.54, 1.807) is 20.8 Å². The molecule has 0 radical (unpaired) electrons. The molecule has 0 unspecified atom stereocenters. The number of aromatic nitrogens is 1. The molecule has 3 N–H and O–H groups in total. The lowest BCUT2D eigenvalue weighted by molar-refractivity contribution is -0.00381. The number of rotatable bonds is 6. The average Bonchev–Trinajstić information content (AvgIpc) is 2.37. The van der Waals surface area contributed by atoms with Crippen molar-refractivity contribution in [3.63, 3.8) is 0 Å². The number of nitrogens with one attached hydrogen (secondary N) is 2. The third-order valence-corrected chi connectivity index (χ3v) is 2.39. The number of hydrogen-bond donors (Lipinski definition) is 3. The van der Waals surface area contributed by atoms with Crippen LogP contribution in [0.15, 0.2) is 18.3 Å². The van der Waals surface area contributed by atoms with Crippen molar-refractivity contribution in [3.8, 4) is 5.75 Å². The largest absolute Gasteiger partial charge is 0.506 e. The zero-order valence-corrected chi connectivity index (χ0v) is 12.8. The molecule has 0 fully saturated rings. The van der Waals surface area contributed by atoms with Crippen LogP contribution in [0.2, 0.25) is 0 Å². The van der Waals surface area contributed by atoms with E-state index >= 15 is 0 Å². The molecule has 0 aliphatic rings. The van der Waals surface area contributed by atoms with Gasteiger partial charge in [-0.1, -0.05) is 0 Å². The smallest absolute Gasteiger partial charge is 0.407 e. The van der Waals surface area contributed by atoms with E-state index in [0.717, 1.165) is 0 Å². The summed E-state index contributed by atoms with van der Waals surface area (Å²) in [6.45, 7) is 3.64. The number of carbonyl (C=O) groups excluding carboxylic acids is 1. The normalized spacial score (nSPS) is 12.0. The SMILES string of the molecule is CC(C)(C)OC(=O)NCC(F)(F)CNCc1ccc(O)cn1. The van der Waals surface area contributed by atoms with Crippen molar-refractivity contribution in [2.45, 2.75) is 38.8 Å². The lowest BCUT2D eigenvalue weighted by Gasteiger charge is -2.22. The molecule has 0 saturated carbocycles. The minimum atomic E-state index is -3.12. The van der Waals surface area contributed by atoms with Crippen LogP contribution in [0.4, 0.5) is 13.6 Å². The van der Waals surface area contributed by atoms with Gasteiger partial charge in [0.2, 0.25) is 0 Å². The fourth-order valence-corrected chi connectivity index (χ4v) is 1.47. The first kappa shape index (κ1) is 18.1. The summed E-state index contributed by atoms with van der Waals surface area (Å²) in [5, 5.41) is 13.6. The number of hydrogen-bond acceptors (Lipinski definition) is 5. The maximum absolute atomic E-state index is 13.6. The Balaban J connectivity index is 2.31. The standard InChI is InChI=1S/C14H21F2N3O3/c1-13(2,3)22-12(21)19-9-14(15,16)8-17-6-10-4-5-11(20)7-18-10/h4-5,7,17,20H,6,8-9H2,1-3H3,(H,19,21). The van der Waals surface area contributed by atoms with Crippen molar-refractivity contribution in [3.05, 3.63) is 24.0 Å². The van der Waals surface area contributed by atoms with Crippen molar-refractivity contribution in [2.75, 3.05) is 13.1 Å². The highest BCUT2D eigenvalue weighted by Crippen LogP contribution is 2.12. The van der Waals surface area contributed by atoms with Gasteiger partial charge in [0.25, 0.3) is 5.92 Å². The van der Waals surface area contributed by atoms with Gasteiger partial charge in [-0.2, -0.15) is 0 Å². The number of aromatic hydroxyl groups is 1. The first-order valence-electron chi connectivity index (χ1n) is 6.77. The number of alkyl carbamates (subject to hydrolysis) is 1. The number of ether oxygens (including phenoxy) is 1. The third-order valence-electron chi connectivity index (χ3n) is 2.39. The van der Waals surface area contributed by atoms with E-state index in [-0.39, 0.29) is 12.3 Å². The summed E-state index contributed by atoms with van der Waals surface area (Å²) in [4.78, 5) is 15.2. The van der Waals surface area contributed by atoms with E-state index < -0.39 is 30.7 Å². The highest BCUT2D eigenvalue weighted by atomic mass is 19.3. The minimum absolute atomic E-state index is 0.00985. The van der Waals surface area contributed by atoms with Gasteiger partial charge in [0.15, 0.2) is 0 Å². The molecule has 1 heterocycles. The van der Waals surface area contributed by atoms with Crippen LogP contribution in [-0.2, 0) is 11.3 Å². The summed E-state index contributed by atoms with van der Waals surface area (Å²) in [7, 11) is 0. The molecule has 0 aromatic carbocycles. The van der Waals surface area contributed by atoms with Gasteiger partial charge >= 0.3 is 6.09 Å². The Labute approximate surface area is 127 Å². The molecule has 1 aromatic heterocycles. The summed E-state index contributed by atoms with van der Waals surface area (Å²) < 4.78 is 32.1. The summed E-state index contributed by atoms with van der Waals surface area (Å²) in [5.74, 6) is -3.11. The molecule has 8 heteroatoms. The van der Waals surface area contributed by atoms with Crippen LogP contribution >= 0.6 is 0 Å². The van der Waals surface area contributed by atoms with Gasteiger partial charge in [-0.3, -0.25) is 4.98 Å². The lowest BCUT2D eigenvalue weighted by atomic mass is 10.2. The number of amides is 1. The highest BCUT2D eigenvalue weighted by Gasteiger charge is 2.30. The van der Waals surface area contributed by atoms with Crippen molar-refractivity contribution in [2.24, 2.45) is 0 Å². The second kappa shape index (κ2) is 7.35. The third kappa shape index (κ3) is 7.72. The number of halogens is 2. The fourth-order valence-electron chi connectivity index (χ4n) is 1.47. The molecule has 0 bridgehead atoms. The Morgan fingerprint density at radius 2 is 2.00 bits per heavy atom. The average molecular weight is 317 g/mol. The van der Waals surface area contributed by atoms with Crippen LogP contribution < -0.4 is 10.6 Å². The molecule has 124 valence electrons. The molecule has 1 rings (SSSR count). The molecule has 22 heavy (non-hydrogen) atoms. The maximum atomic E-state index is 13.6. The van der Waals surface area contributed by atoms with Crippen LogP contribution in [0.5, 0.6) is 5.75 Å². The van der Waals surface area contributed by atoms with E-state index in [4.69, 9.17) is 9.84 Å². The number of carbonyl (C=O) groups is 1. The van der Waals surface area contributed by atoms with Crippen LogP contribution in [0.25, 0.3) is 0 Å². The summed E-state index contributed by atoms with van der Waals surface area (Å²) in [6.07, 6.45) is 0.353. The first-order chi connectivity index (χ1) is 10.1. The summed E-state index contributed by atoms with van der Waals surface area (Å²) >= 11 is 0. The summed E-state index contributed by atoms with van der Waals surface area (Å²) in [5.41, 5.74) is -0.212. The van der Waals surface area contributed by atoms with Crippen molar-refractivity contribution in [1.29, 1.82) is 0 Å². The van der Waals surface area contributed by atoms with Crippen LogP contribution in [0.3, 0.4) is 0 Å². The number of pyridine rings is 1. The summed E-state index contributed by atoms with van der Waals surface area (Å²) in [6, 6.07) is 2.95. The monoisotopic (exact) mass is 317 g/mol. The molecule has 0 atom stereocenters. The van der Waals surface area contributed by atoms with E-state index in [9.17, 15) is 13.6 Å². The van der Waals surface area contributed by atoms with Crippen molar-refractivity contribution >= 4 is 6.09 Å². The highest BCUT2D eigenvalue weighted by molar-refractivity contribution is 5.67. The molecular weight excluding hydrogens is 296 g/mol. The molecular formula is C14H21F2N3O3. The van der Waals surface area contributed by atoms with Gasteiger partial charge in [0.1, 0.15) is 11.4 Å². The molecule has 6 nitrogen and oxygen atoms in total. The molecule has 1 aromatic rings. The van der Waals surface area contributed by atoms with Crippen LogP contribution in [-0.4, -0.2) is 40.8 Å². The Kier molecular flexibility index (Phi) is 6.04. The predicted octanol–water partition coefficient (Wildman–Crippen LogP) is 2.04. The topological polar surface area (TPSA) is 83.5 Å². The molecule has 0 saturated heterocycles. The van der Waals surface area contributed by atoms with E-state index in [0.29, 0.717) is 5.69 Å². The molecule has 0 aliphatic heterocycles. The van der Waals surface area contributed by atoms with E-state index in [1.165, 1.54) is 18.3 Å². The number of nitrogens with zero attached hydrogens (tertiary/aromatic N) is 1. The van der Waals surface area contributed by atoms with Gasteiger partial charge in [0, 0.05) is 6.54 Å². The zero-order valence-electron chi connectivity index (χ0n) is 12.8. The van der Waals surface area contributed by atoms with E-state index in [2.05, 4.69) is 10.3 Å². The van der Waals surface area contributed by atoms with Gasteiger partial charge in [-0.15, -0.1) is 0 Å². The lowest BCUT2D eigenvalue weighted by Crippen LogP contribution is -2.44. The van der Waals surface area contributed by atoms with Gasteiger partial charge in [0.05, 0.1) is 25.0 Å². The van der Waals surface area contributed by atoms with Crippen molar-refractivity contribution < 1.29 is 23.4 Å². The van der Waals surface area contributed by atoms with Crippen molar-refractivity contribution in [1.82, 2.24) is 15.6 Å². The molecule has 0 aliphatic carbocycles. The Morgan fingerprint density at radius 3 is 2.55 bits per heavy atom. The van der Waals surface area contributed by atoms with E-state index in [1.807, 2.05) is 5.32 Å². The Morgan fingerprint density at radius 1 is 1.32 bits per heavy atom. The zero-order chi connectivity index (χ0) is 16.8. The van der Waals surface area contributed by atoms with Gasteiger partial charge < -0.3 is 20.5 Å². The van der Waals surface area contributed by atoms with Crippen LogP contribution in [0.1, 0.15) is 26.5 Å². The Bertz CT molecular complexity index is 487.